The molecule has 0 bridgehead atoms. The van der Waals surface area contributed by atoms with E-state index in [-0.39, 0.29) is 28.8 Å². The Bertz CT molecular complexity index is 442. The van der Waals surface area contributed by atoms with Gasteiger partial charge in [-0.2, -0.15) is 0 Å². The first-order valence-electron chi connectivity index (χ1n) is 5.12. The number of hydrogen-bond donors (Lipinski definition) is 1. The van der Waals surface area contributed by atoms with Crippen molar-refractivity contribution in [1.82, 2.24) is 9.97 Å². The van der Waals surface area contributed by atoms with E-state index in [1.807, 2.05) is 6.92 Å². The van der Waals surface area contributed by atoms with Crippen molar-refractivity contribution in [3.8, 4) is 0 Å². The van der Waals surface area contributed by atoms with Gasteiger partial charge in [0.05, 0.1) is 17.1 Å². The van der Waals surface area contributed by atoms with Gasteiger partial charge in [0.25, 0.3) is 0 Å². The fourth-order valence-electron chi connectivity index (χ4n) is 1.72. The van der Waals surface area contributed by atoms with Crippen LogP contribution in [0.2, 0.25) is 5.15 Å². The number of nitrogens with one attached hydrogen (secondary N) is 1. The maximum absolute atomic E-state index is 10.9. The van der Waals surface area contributed by atoms with Gasteiger partial charge >= 0.3 is 5.69 Å². The van der Waals surface area contributed by atoms with Crippen LogP contribution < -0.4 is 5.32 Å². The predicted molar refractivity (Wildman–Crippen MR) is 61.1 cm³/mol. The van der Waals surface area contributed by atoms with Gasteiger partial charge in [0.15, 0.2) is 0 Å². The summed E-state index contributed by atoms with van der Waals surface area (Å²) in [4.78, 5) is 17.7. The van der Waals surface area contributed by atoms with E-state index < -0.39 is 4.92 Å². The van der Waals surface area contributed by atoms with Crippen LogP contribution in [0.15, 0.2) is 6.33 Å². The third-order valence-electron chi connectivity index (χ3n) is 2.66. The number of hydrogen-bond acceptors (Lipinski definition) is 6. The van der Waals surface area contributed by atoms with Crippen molar-refractivity contribution in [3.05, 3.63) is 21.6 Å². The molecule has 7 nitrogen and oxygen atoms in total. The highest BCUT2D eigenvalue weighted by Crippen LogP contribution is 2.30. The predicted octanol–water partition coefficient (Wildman–Crippen LogP) is 1.63. The van der Waals surface area contributed by atoms with Crippen molar-refractivity contribution < 1.29 is 9.66 Å². The zero-order valence-electron chi connectivity index (χ0n) is 9.09. The molecule has 0 aromatic carbocycles. The highest BCUT2D eigenvalue weighted by atomic mass is 35.5. The third-order valence-corrected chi connectivity index (χ3v) is 2.94. The maximum atomic E-state index is 10.9. The zero-order valence-corrected chi connectivity index (χ0v) is 9.85. The van der Waals surface area contributed by atoms with Crippen molar-refractivity contribution in [2.24, 2.45) is 0 Å². The van der Waals surface area contributed by atoms with Crippen LogP contribution in [0.1, 0.15) is 13.3 Å². The molecular weight excluding hydrogens is 248 g/mol. The molecule has 0 amide bonds. The minimum atomic E-state index is -0.592. The Hall–Kier alpha value is -1.47. The van der Waals surface area contributed by atoms with Crippen molar-refractivity contribution in [1.29, 1.82) is 0 Å². The van der Waals surface area contributed by atoms with Crippen LogP contribution in [0, 0.1) is 10.1 Å². The van der Waals surface area contributed by atoms with Gasteiger partial charge in [-0.3, -0.25) is 10.1 Å². The van der Waals surface area contributed by atoms with E-state index >= 15 is 0 Å². The normalized spacial score (nSPS) is 23.6. The second-order valence-corrected chi connectivity index (χ2v) is 4.09. The monoisotopic (exact) mass is 258 g/mol. The minimum absolute atomic E-state index is 0.000309. The molecule has 8 heteroatoms. The molecule has 2 rings (SSSR count). The number of ether oxygens (including phenoxy) is 1. The van der Waals surface area contributed by atoms with Gasteiger partial charge in [-0.1, -0.05) is 11.6 Å². The van der Waals surface area contributed by atoms with Gasteiger partial charge in [0, 0.05) is 6.61 Å². The first-order chi connectivity index (χ1) is 8.09. The summed E-state index contributed by atoms with van der Waals surface area (Å²) in [5.74, 6) is 0.136. The lowest BCUT2D eigenvalue weighted by Crippen LogP contribution is -2.27. The second-order valence-electron chi connectivity index (χ2n) is 3.73. The number of anilines is 1. The molecule has 1 aromatic heterocycles. The van der Waals surface area contributed by atoms with E-state index in [9.17, 15) is 10.1 Å². The van der Waals surface area contributed by atoms with Gasteiger partial charge in [-0.15, -0.1) is 0 Å². The summed E-state index contributed by atoms with van der Waals surface area (Å²) in [7, 11) is 0. The summed E-state index contributed by atoms with van der Waals surface area (Å²) in [6.45, 7) is 2.53. The molecule has 1 saturated heterocycles. The second kappa shape index (κ2) is 4.80. The third kappa shape index (κ3) is 2.45. The Morgan fingerprint density at radius 3 is 3.00 bits per heavy atom. The van der Waals surface area contributed by atoms with Crippen LogP contribution in [0.5, 0.6) is 0 Å². The van der Waals surface area contributed by atoms with E-state index in [0.29, 0.717) is 6.61 Å². The van der Waals surface area contributed by atoms with Crippen LogP contribution in [-0.2, 0) is 4.74 Å². The number of nitrogens with zero attached hydrogens (tertiary/aromatic N) is 3. The molecule has 0 saturated carbocycles. The van der Waals surface area contributed by atoms with E-state index in [4.69, 9.17) is 16.3 Å². The van der Waals surface area contributed by atoms with Gasteiger partial charge in [0.2, 0.25) is 11.0 Å². The topological polar surface area (TPSA) is 90.2 Å². The summed E-state index contributed by atoms with van der Waals surface area (Å²) in [5.41, 5.74) is -0.298. The summed E-state index contributed by atoms with van der Waals surface area (Å²) < 4.78 is 5.36. The van der Waals surface area contributed by atoms with Gasteiger partial charge in [-0.05, 0) is 13.3 Å². The Morgan fingerprint density at radius 2 is 2.41 bits per heavy atom. The van der Waals surface area contributed by atoms with Crippen LogP contribution >= 0.6 is 11.6 Å². The van der Waals surface area contributed by atoms with Crippen molar-refractivity contribution in [2.75, 3.05) is 11.9 Å². The molecule has 2 unspecified atom stereocenters. The summed E-state index contributed by atoms with van der Waals surface area (Å²) in [5, 5.41) is 13.7. The lowest BCUT2D eigenvalue weighted by atomic mass is 10.1. The van der Waals surface area contributed by atoms with E-state index in [2.05, 4.69) is 15.3 Å². The van der Waals surface area contributed by atoms with Crippen LogP contribution in [0.3, 0.4) is 0 Å². The average Bonchev–Trinajstić information content (AvgIpc) is 2.64. The fourth-order valence-corrected chi connectivity index (χ4v) is 1.92. The molecule has 17 heavy (non-hydrogen) atoms. The molecule has 0 aliphatic carbocycles. The molecule has 1 aromatic rings. The molecule has 0 spiro atoms. The van der Waals surface area contributed by atoms with Crippen LogP contribution in [0.4, 0.5) is 11.5 Å². The highest BCUT2D eigenvalue weighted by molar-refractivity contribution is 6.31. The summed E-state index contributed by atoms with van der Waals surface area (Å²) >= 11 is 5.68. The molecule has 2 atom stereocenters. The Balaban J connectivity index is 2.26. The standard InChI is InChI=1S/C9H11ClN4O3/c1-5-6(2-3-17-5)13-9-7(14(15)16)8(10)11-4-12-9/h4-6H,2-3H2,1H3,(H,11,12,13). The number of aromatic nitrogens is 2. The minimum Gasteiger partial charge on any atom is -0.376 e. The summed E-state index contributed by atoms with van der Waals surface area (Å²) in [6.07, 6.45) is 1.96. The SMILES string of the molecule is CC1OCCC1Nc1ncnc(Cl)c1[N+](=O)[O-]. The quantitative estimate of drug-likeness (QED) is 0.503. The molecule has 1 N–H and O–H groups in total. The number of halogens is 1. The fraction of sp³-hybridized carbons (Fsp3) is 0.556. The molecule has 1 aliphatic heterocycles. The largest absolute Gasteiger partial charge is 0.376 e. The van der Waals surface area contributed by atoms with Crippen LogP contribution in [-0.4, -0.2) is 33.6 Å². The average molecular weight is 259 g/mol. The Labute approximate surface area is 102 Å². The van der Waals surface area contributed by atoms with E-state index in [1.54, 1.807) is 0 Å². The van der Waals surface area contributed by atoms with Gasteiger partial charge < -0.3 is 10.1 Å². The molecule has 2 heterocycles. The number of rotatable bonds is 3. The van der Waals surface area contributed by atoms with Gasteiger partial charge in [0.1, 0.15) is 6.33 Å². The maximum Gasteiger partial charge on any atom is 0.348 e. The lowest BCUT2D eigenvalue weighted by molar-refractivity contribution is -0.384. The smallest absolute Gasteiger partial charge is 0.348 e. The van der Waals surface area contributed by atoms with E-state index in [0.717, 1.165) is 6.42 Å². The van der Waals surface area contributed by atoms with Gasteiger partial charge in [-0.25, -0.2) is 9.97 Å². The highest BCUT2D eigenvalue weighted by Gasteiger charge is 2.29. The molecule has 92 valence electrons. The van der Waals surface area contributed by atoms with Crippen molar-refractivity contribution >= 4 is 23.1 Å². The molecular formula is C9H11ClN4O3. The number of nitro groups is 1. The zero-order chi connectivity index (χ0) is 12.4. The van der Waals surface area contributed by atoms with Crippen molar-refractivity contribution in [3.63, 3.8) is 0 Å². The van der Waals surface area contributed by atoms with E-state index in [1.165, 1.54) is 6.33 Å². The Morgan fingerprint density at radius 1 is 1.65 bits per heavy atom. The Kier molecular flexibility index (Phi) is 3.39. The van der Waals surface area contributed by atoms with Crippen molar-refractivity contribution in [2.45, 2.75) is 25.5 Å². The lowest BCUT2D eigenvalue weighted by Gasteiger charge is -2.16. The first kappa shape index (κ1) is 12.0. The molecule has 1 aliphatic rings. The van der Waals surface area contributed by atoms with Crippen LogP contribution in [0.25, 0.3) is 0 Å². The molecule has 1 fully saturated rings. The first-order valence-corrected chi connectivity index (χ1v) is 5.50. The molecule has 0 radical (unpaired) electrons. The summed E-state index contributed by atoms with van der Waals surface area (Å²) in [6, 6.07) is -0.000309.